The van der Waals surface area contributed by atoms with E-state index in [-0.39, 0.29) is 11.8 Å². The van der Waals surface area contributed by atoms with Gasteiger partial charge in [-0.1, -0.05) is 33.1 Å². The van der Waals surface area contributed by atoms with E-state index in [0.717, 1.165) is 32.1 Å². The van der Waals surface area contributed by atoms with E-state index < -0.39 is 12.1 Å². The molecule has 0 heterocycles. The molecule has 3 heteroatoms. The van der Waals surface area contributed by atoms with Crippen LogP contribution >= 0.6 is 0 Å². The number of aliphatic carboxylic acids is 1. The Hall–Kier alpha value is -0.570. The molecule has 0 radical (unpaired) electrons. The Labute approximate surface area is 97.9 Å². The zero-order valence-electron chi connectivity index (χ0n) is 10.4. The Kier molecular flexibility index (Phi) is 5.26. The van der Waals surface area contributed by atoms with Crippen LogP contribution in [0.25, 0.3) is 0 Å². The fourth-order valence-corrected chi connectivity index (χ4v) is 2.75. The van der Waals surface area contributed by atoms with Crippen molar-refractivity contribution in [3.8, 4) is 0 Å². The minimum atomic E-state index is -0.736. The quantitative estimate of drug-likeness (QED) is 0.727. The second-order valence-corrected chi connectivity index (χ2v) is 5.44. The highest BCUT2D eigenvalue weighted by Gasteiger charge is 2.34. The van der Waals surface area contributed by atoms with Gasteiger partial charge in [0.1, 0.15) is 0 Å². The fourth-order valence-electron chi connectivity index (χ4n) is 2.75. The molecule has 1 fully saturated rings. The summed E-state index contributed by atoms with van der Waals surface area (Å²) in [6.07, 6.45) is 5.12. The van der Waals surface area contributed by atoms with Gasteiger partial charge in [-0.2, -0.15) is 0 Å². The lowest BCUT2D eigenvalue weighted by Gasteiger charge is -2.27. The van der Waals surface area contributed by atoms with Gasteiger partial charge in [-0.3, -0.25) is 4.79 Å². The first kappa shape index (κ1) is 13.5. The Balaban J connectivity index is 2.70. The molecule has 1 saturated carbocycles. The first-order valence-electron chi connectivity index (χ1n) is 6.43. The zero-order chi connectivity index (χ0) is 12.1. The lowest BCUT2D eigenvalue weighted by atomic mass is 9.79. The Morgan fingerprint density at radius 1 is 1.25 bits per heavy atom. The molecule has 0 saturated heterocycles. The second kappa shape index (κ2) is 6.24. The van der Waals surface area contributed by atoms with Crippen molar-refractivity contribution < 1.29 is 15.0 Å². The fraction of sp³-hybridized carbons (Fsp3) is 0.923. The molecule has 0 bridgehead atoms. The van der Waals surface area contributed by atoms with Crippen LogP contribution in [0.15, 0.2) is 0 Å². The molecule has 2 N–H and O–H groups in total. The molecular formula is C13H24O3. The van der Waals surface area contributed by atoms with Crippen molar-refractivity contribution in [1.29, 1.82) is 0 Å². The molecule has 3 unspecified atom stereocenters. The van der Waals surface area contributed by atoms with Crippen LogP contribution in [0.3, 0.4) is 0 Å². The molecule has 1 aliphatic carbocycles. The van der Waals surface area contributed by atoms with Crippen molar-refractivity contribution >= 4 is 5.97 Å². The summed E-state index contributed by atoms with van der Waals surface area (Å²) in [5.74, 6) is -0.772. The number of carboxylic acids is 1. The molecule has 3 nitrogen and oxygen atoms in total. The van der Waals surface area contributed by atoms with Gasteiger partial charge in [-0.05, 0) is 31.1 Å². The van der Waals surface area contributed by atoms with Crippen LogP contribution in [-0.4, -0.2) is 22.3 Å². The van der Waals surface area contributed by atoms with Gasteiger partial charge < -0.3 is 10.2 Å². The zero-order valence-corrected chi connectivity index (χ0v) is 10.4. The maximum Gasteiger partial charge on any atom is 0.306 e. The van der Waals surface area contributed by atoms with Crippen molar-refractivity contribution in [3.63, 3.8) is 0 Å². The average molecular weight is 228 g/mol. The SMILES string of the molecule is CC(C)CC(C(=O)O)C1CCCCCC1O. The van der Waals surface area contributed by atoms with E-state index in [1.165, 1.54) is 0 Å². The molecule has 1 aliphatic rings. The van der Waals surface area contributed by atoms with E-state index in [1.807, 2.05) is 13.8 Å². The van der Waals surface area contributed by atoms with Crippen LogP contribution in [0.1, 0.15) is 52.4 Å². The highest BCUT2D eigenvalue weighted by atomic mass is 16.4. The van der Waals surface area contributed by atoms with Crippen LogP contribution in [0, 0.1) is 17.8 Å². The third kappa shape index (κ3) is 3.78. The third-order valence-electron chi connectivity index (χ3n) is 3.59. The summed E-state index contributed by atoms with van der Waals surface area (Å²) in [4.78, 5) is 11.3. The van der Waals surface area contributed by atoms with Crippen molar-refractivity contribution in [2.24, 2.45) is 17.8 Å². The van der Waals surface area contributed by atoms with E-state index in [2.05, 4.69) is 0 Å². The highest BCUT2D eigenvalue weighted by molar-refractivity contribution is 5.70. The van der Waals surface area contributed by atoms with Gasteiger partial charge in [0.2, 0.25) is 0 Å². The molecule has 0 aromatic rings. The van der Waals surface area contributed by atoms with Crippen LogP contribution in [0.5, 0.6) is 0 Å². The largest absolute Gasteiger partial charge is 0.481 e. The maximum absolute atomic E-state index is 11.3. The topological polar surface area (TPSA) is 57.5 Å². The average Bonchev–Trinajstić information content (AvgIpc) is 2.39. The summed E-state index contributed by atoms with van der Waals surface area (Å²) in [7, 11) is 0. The molecule has 1 rings (SSSR count). The van der Waals surface area contributed by atoms with Gasteiger partial charge in [-0.25, -0.2) is 0 Å². The van der Waals surface area contributed by atoms with Crippen LogP contribution in [-0.2, 0) is 4.79 Å². The highest BCUT2D eigenvalue weighted by Crippen LogP contribution is 2.33. The normalized spacial score (nSPS) is 28.8. The van der Waals surface area contributed by atoms with Crippen LogP contribution < -0.4 is 0 Å². The monoisotopic (exact) mass is 228 g/mol. The molecule has 0 aliphatic heterocycles. The van der Waals surface area contributed by atoms with Gasteiger partial charge in [0.15, 0.2) is 0 Å². The molecule has 94 valence electrons. The first-order chi connectivity index (χ1) is 7.52. The van der Waals surface area contributed by atoms with Crippen LogP contribution in [0.2, 0.25) is 0 Å². The van der Waals surface area contributed by atoms with Gasteiger partial charge in [-0.15, -0.1) is 0 Å². The minimum Gasteiger partial charge on any atom is -0.481 e. The molecule has 0 aromatic carbocycles. The van der Waals surface area contributed by atoms with Gasteiger partial charge >= 0.3 is 5.97 Å². The maximum atomic E-state index is 11.3. The van der Waals surface area contributed by atoms with Crippen molar-refractivity contribution in [2.75, 3.05) is 0 Å². The molecule has 3 atom stereocenters. The summed E-state index contributed by atoms with van der Waals surface area (Å²) < 4.78 is 0. The predicted molar refractivity (Wildman–Crippen MR) is 63.2 cm³/mol. The van der Waals surface area contributed by atoms with E-state index in [1.54, 1.807) is 0 Å². The summed E-state index contributed by atoms with van der Waals surface area (Å²) >= 11 is 0. The Morgan fingerprint density at radius 2 is 1.88 bits per heavy atom. The van der Waals surface area contributed by atoms with E-state index >= 15 is 0 Å². The smallest absolute Gasteiger partial charge is 0.306 e. The number of carboxylic acid groups (broad SMARTS) is 1. The third-order valence-corrected chi connectivity index (χ3v) is 3.59. The van der Waals surface area contributed by atoms with E-state index in [9.17, 15) is 15.0 Å². The molecule has 0 aromatic heterocycles. The van der Waals surface area contributed by atoms with E-state index in [4.69, 9.17) is 0 Å². The Bertz CT molecular complexity index is 225. The number of hydrogen-bond donors (Lipinski definition) is 2. The minimum absolute atomic E-state index is 0.0394. The van der Waals surface area contributed by atoms with Gasteiger partial charge in [0.05, 0.1) is 12.0 Å². The summed E-state index contributed by atoms with van der Waals surface area (Å²) in [5, 5.41) is 19.3. The number of carbonyl (C=O) groups is 1. The predicted octanol–water partition coefficient (Wildman–Crippen LogP) is 2.67. The first-order valence-corrected chi connectivity index (χ1v) is 6.43. The number of rotatable bonds is 4. The lowest BCUT2D eigenvalue weighted by molar-refractivity contribution is -0.146. The lowest BCUT2D eigenvalue weighted by Crippen LogP contribution is -2.33. The molecule has 16 heavy (non-hydrogen) atoms. The van der Waals surface area contributed by atoms with Crippen LogP contribution in [0.4, 0.5) is 0 Å². The summed E-state index contributed by atoms with van der Waals surface area (Å²) in [6, 6.07) is 0. The van der Waals surface area contributed by atoms with Crippen molar-refractivity contribution in [3.05, 3.63) is 0 Å². The Morgan fingerprint density at radius 3 is 2.44 bits per heavy atom. The van der Waals surface area contributed by atoms with Gasteiger partial charge in [0, 0.05) is 0 Å². The molecule has 0 spiro atoms. The number of aliphatic hydroxyl groups is 1. The number of hydrogen-bond acceptors (Lipinski definition) is 2. The second-order valence-electron chi connectivity index (χ2n) is 5.44. The number of aliphatic hydroxyl groups excluding tert-OH is 1. The van der Waals surface area contributed by atoms with E-state index in [0.29, 0.717) is 12.3 Å². The van der Waals surface area contributed by atoms with Crippen molar-refractivity contribution in [2.45, 2.75) is 58.5 Å². The summed E-state index contributed by atoms with van der Waals surface area (Å²) in [6.45, 7) is 4.08. The van der Waals surface area contributed by atoms with Crippen molar-refractivity contribution in [1.82, 2.24) is 0 Å². The molecular weight excluding hydrogens is 204 g/mol. The van der Waals surface area contributed by atoms with Gasteiger partial charge in [0.25, 0.3) is 0 Å². The summed E-state index contributed by atoms with van der Waals surface area (Å²) in [5.41, 5.74) is 0. The standard InChI is InChI=1S/C13H24O3/c1-9(2)8-11(13(15)16)10-6-4-3-5-7-12(10)14/h9-12,14H,3-8H2,1-2H3,(H,15,16). The molecule has 0 amide bonds.